The molecule has 0 aliphatic heterocycles. The lowest BCUT2D eigenvalue weighted by Crippen LogP contribution is -2.42. The molecule has 0 saturated heterocycles. The second-order valence-corrected chi connectivity index (χ2v) is 4.44. The van der Waals surface area contributed by atoms with Gasteiger partial charge in [0.15, 0.2) is 0 Å². The number of anilines is 2. The summed E-state index contributed by atoms with van der Waals surface area (Å²) in [5.41, 5.74) is 0.946. The van der Waals surface area contributed by atoms with Crippen LogP contribution >= 0.6 is 0 Å². The number of aliphatic hydroxyl groups is 1. The molecule has 5 heteroatoms. The molecule has 1 aromatic heterocycles. The maximum atomic E-state index is 9.16. The molecule has 0 spiro atoms. The van der Waals surface area contributed by atoms with E-state index in [-0.39, 0.29) is 6.61 Å². The van der Waals surface area contributed by atoms with Crippen molar-refractivity contribution in [2.24, 2.45) is 0 Å². The minimum absolute atomic E-state index is 0.161. The summed E-state index contributed by atoms with van der Waals surface area (Å²) in [6, 6.07) is 2.51. The number of hydrogen-bond acceptors (Lipinski definition) is 5. The lowest BCUT2D eigenvalue weighted by Gasteiger charge is -2.38. The van der Waals surface area contributed by atoms with Crippen molar-refractivity contribution in [3.05, 3.63) is 11.8 Å². The Bertz CT molecular complexity index is 379. The Labute approximate surface area is 102 Å². The molecule has 0 radical (unpaired) electrons. The Kier molecular flexibility index (Phi) is 3.78. The highest BCUT2D eigenvalue weighted by molar-refractivity contribution is 5.46. The summed E-state index contributed by atoms with van der Waals surface area (Å²) in [5.74, 6) is 1.56. The van der Waals surface area contributed by atoms with E-state index >= 15 is 0 Å². The first-order valence-electron chi connectivity index (χ1n) is 6.15. The minimum Gasteiger partial charge on any atom is -0.395 e. The minimum atomic E-state index is 0.161. The van der Waals surface area contributed by atoms with Crippen molar-refractivity contribution >= 4 is 11.8 Å². The van der Waals surface area contributed by atoms with Crippen LogP contribution in [0.15, 0.2) is 6.07 Å². The first kappa shape index (κ1) is 12.1. The van der Waals surface area contributed by atoms with Crippen LogP contribution in [-0.2, 0) is 0 Å². The smallest absolute Gasteiger partial charge is 0.224 e. The lowest BCUT2D eigenvalue weighted by molar-refractivity contribution is 0.283. The van der Waals surface area contributed by atoms with Crippen LogP contribution in [0.25, 0.3) is 0 Å². The standard InChI is InChI=1S/C12H20N4O/c1-9-8-11(15-12(13-2)14-9)16(6-7-17)10-4-3-5-10/h8,10,17H,3-7H2,1-2H3,(H,13,14,15). The Morgan fingerprint density at radius 3 is 2.76 bits per heavy atom. The van der Waals surface area contributed by atoms with E-state index in [1.165, 1.54) is 19.3 Å². The van der Waals surface area contributed by atoms with Crippen molar-refractivity contribution in [1.29, 1.82) is 0 Å². The zero-order valence-electron chi connectivity index (χ0n) is 10.5. The number of hydrogen-bond donors (Lipinski definition) is 2. The monoisotopic (exact) mass is 236 g/mol. The fourth-order valence-corrected chi connectivity index (χ4v) is 2.10. The van der Waals surface area contributed by atoms with E-state index in [4.69, 9.17) is 5.11 Å². The fraction of sp³-hybridized carbons (Fsp3) is 0.667. The van der Waals surface area contributed by atoms with E-state index < -0.39 is 0 Å². The molecule has 0 unspecified atom stereocenters. The van der Waals surface area contributed by atoms with Gasteiger partial charge in [-0.25, -0.2) is 4.98 Å². The summed E-state index contributed by atoms with van der Waals surface area (Å²) >= 11 is 0. The molecular formula is C12H20N4O. The van der Waals surface area contributed by atoms with E-state index in [0.717, 1.165) is 11.5 Å². The predicted octanol–water partition coefficient (Wildman–Crippen LogP) is 1.18. The summed E-state index contributed by atoms with van der Waals surface area (Å²) in [4.78, 5) is 10.9. The molecule has 0 atom stereocenters. The molecule has 0 amide bonds. The van der Waals surface area contributed by atoms with E-state index in [2.05, 4.69) is 20.2 Å². The predicted molar refractivity (Wildman–Crippen MR) is 68.4 cm³/mol. The molecule has 17 heavy (non-hydrogen) atoms. The van der Waals surface area contributed by atoms with Gasteiger partial charge in [0.1, 0.15) is 5.82 Å². The lowest BCUT2D eigenvalue weighted by atomic mass is 9.91. The second-order valence-electron chi connectivity index (χ2n) is 4.44. The van der Waals surface area contributed by atoms with Gasteiger partial charge >= 0.3 is 0 Å². The maximum Gasteiger partial charge on any atom is 0.224 e. The molecule has 1 aliphatic rings. The number of aromatic nitrogens is 2. The van der Waals surface area contributed by atoms with Crippen LogP contribution in [0.2, 0.25) is 0 Å². The zero-order valence-corrected chi connectivity index (χ0v) is 10.5. The van der Waals surface area contributed by atoms with Gasteiger partial charge in [-0.1, -0.05) is 0 Å². The van der Waals surface area contributed by atoms with Gasteiger partial charge in [0.2, 0.25) is 5.95 Å². The van der Waals surface area contributed by atoms with Crippen molar-refractivity contribution in [2.45, 2.75) is 32.2 Å². The molecule has 1 saturated carbocycles. The van der Waals surface area contributed by atoms with E-state index in [9.17, 15) is 0 Å². The third-order valence-electron chi connectivity index (χ3n) is 3.21. The molecular weight excluding hydrogens is 216 g/mol. The van der Waals surface area contributed by atoms with Crippen LogP contribution < -0.4 is 10.2 Å². The van der Waals surface area contributed by atoms with Gasteiger partial charge in [-0.3, -0.25) is 0 Å². The molecule has 5 nitrogen and oxygen atoms in total. The van der Waals surface area contributed by atoms with E-state index in [1.54, 1.807) is 0 Å². The molecule has 1 heterocycles. The summed E-state index contributed by atoms with van der Waals surface area (Å²) in [7, 11) is 1.82. The van der Waals surface area contributed by atoms with Crippen LogP contribution in [0, 0.1) is 6.92 Å². The Balaban J connectivity index is 2.24. The molecule has 94 valence electrons. The van der Waals surface area contributed by atoms with Crippen LogP contribution in [0.1, 0.15) is 25.0 Å². The topological polar surface area (TPSA) is 61.3 Å². The van der Waals surface area contributed by atoms with Crippen molar-refractivity contribution < 1.29 is 5.11 Å². The third kappa shape index (κ3) is 2.66. The fourth-order valence-electron chi connectivity index (χ4n) is 2.10. The molecule has 0 aromatic carbocycles. The summed E-state index contributed by atoms with van der Waals surface area (Å²) in [6.45, 7) is 2.77. The number of rotatable bonds is 5. The maximum absolute atomic E-state index is 9.16. The average molecular weight is 236 g/mol. The number of nitrogens with one attached hydrogen (secondary N) is 1. The first-order chi connectivity index (χ1) is 8.24. The van der Waals surface area contributed by atoms with Crippen LogP contribution in [0.5, 0.6) is 0 Å². The van der Waals surface area contributed by atoms with Gasteiger partial charge in [0.25, 0.3) is 0 Å². The van der Waals surface area contributed by atoms with Crippen molar-refractivity contribution in [3.63, 3.8) is 0 Å². The third-order valence-corrected chi connectivity index (χ3v) is 3.21. The van der Waals surface area contributed by atoms with Crippen molar-refractivity contribution in [1.82, 2.24) is 9.97 Å². The summed E-state index contributed by atoms with van der Waals surface area (Å²) < 4.78 is 0. The van der Waals surface area contributed by atoms with Gasteiger partial charge in [-0.05, 0) is 26.2 Å². The first-order valence-corrected chi connectivity index (χ1v) is 6.15. The molecule has 1 aromatic rings. The highest BCUT2D eigenvalue weighted by atomic mass is 16.3. The second kappa shape index (κ2) is 5.31. The molecule has 2 N–H and O–H groups in total. The van der Waals surface area contributed by atoms with Crippen molar-refractivity contribution in [3.8, 4) is 0 Å². The largest absolute Gasteiger partial charge is 0.395 e. The quantitative estimate of drug-likeness (QED) is 0.804. The van der Waals surface area contributed by atoms with E-state index in [0.29, 0.717) is 18.5 Å². The van der Waals surface area contributed by atoms with Crippen LogP contribution in [0.4, 0.5) is 11.8 Å². The normalized spacial score (nSPS) is 15.5. The molecule has 2 rings (SSSR count). The highest BCUT2D eigenvalue weighted by Crippen LogP contribution is 2.28. The van der Waals surface area contributed by atoms with Crippen molar-refractivity contribution in [2.75, 3.05) is 30.4 Å². The van der Waals surface area contributed by atoms with Gasteiger partial charge in [-0.15, -0.1) is 0 Å². The molecule has 1 aliphatic carbocycles. The van der Waals surface area contributed by atoms with Gasteiger partial charge in [-0.2, -0.15) is 4.98 Å². The number of nitrogens with zero attached hydrogens (tertiary/aromatic N) is 3. The number of aliphatic hydroxyl groups excluding tert-OH is 1. The summed E-state index contributed by atoms with van der Waals surface area (Å²) in [5, 5.41) is 12.1. The SMILES string of the molecule is CNc1nc(C)cc(N(CCO)C2CCC2)n1. The average Bonchev–Trinajstić information content (AvgIpc) is 2.25. The van der Waals surface area contributed by atoms with Gasteiger partial charge < -0.3 is 15.3 Å². The van der Waals surface area contributed by atoms with E-state index in [1.807, 2.05) is 20.0 Å². The Hall–Kier alpha value is -1.36. The molecule has 1 fully saturated rings. The Morgan fingerprint density at radius 2 is 2.24 bits per heavy atom. The number of aryl methyl sites for hydroxylation is 1. The van der Waals surface area contributed by atoms with Gasteiger partial charge in [0.05, 0.1) is 6.61 Å². The molecule has 0 bridgehead atoms. The highest BCUT2D eigenvalue weighted by Gasteiger charge is 2.26. The zero-order chi connectivity index (χ0) is 12.3. The van der Waals surface area contributed by atoms with Crippen LogP contribution in [-0.4, -0.2) is 41.3 Å². The van der Waals surface area contributed by atoms with Crippen LogP contribution in [0.3, 0.4) is 0 Å². The van der Waals surface area contributed by atoms with Gasteiger partial charge in [0, 0.05) is 31.4 Å². The summed E-state index contributed by atoms with van der Waals surface area (Å²) in [6.07, 6.45) is 3.66. The Morgan fingerprint density at radius 1 is 1.47 bits per heavy atom.